The Bertz CT molecular complexity index is 582. The molecule has 21 heavy (non-hydrogen) atoms. The van der Waals surface area contributed by atoms with Gasteiger partial charge in [0.15, 0.2) is 0 Å². The van der Waals surface area contributed by atoms with Crippen molar-refractivity contribution in [3.05, 3.63) is 35.1 Å². The lowest BCUT2D eigenvalue weighted by Crippen LogP contribution is -2.45. The van der Waals surface area contributed by atoms with Gasteiger partial charge in [-0.05, 0) is 37.3 Å². The molecule has 1 amide bonds. The van der Waals surface area contributed by atoms with Crippen LogP contribution in [0.2, 0.25) is 0 Å². The van der Waals surface area contributed by atoms with E-state index in [1.54, 1.807) is 17.8 Å². The number of rotatable bonds is 4. The molecule has 1 aromatic rings. The van der Waals surface area contributed by atoms with E-state index in [0.717, 1.165) is 12.8 Å². The number of halogens is 1. The average molecular weight is 306 g/mol. The SMILES string of the molecule is CSC1(CNC(=O)c2cc(C#CCN)ccc2F)CCC1. The fourth-order valence-corrected chi connectivity index (χ4v) is 3.20. The van der Waals surface area contributed by atoms with Crippen LogP contribution in [0.4, 0.5) is 4.39 Å². The maximum Gasteiger partial charge on any atom is 0.254 e. The van der Waals surface area contributed by atoms with Gasteiger partial charge in [0.25, 0.3) is 5.91 Å². The molecule has 0 aromatic heterocycles. The van der Waals surface area contributed by atoms with Crippen molar-refractivity contribution >= 4 is 17.7 Å². The van der Waals surface area contributed by atoms with Crippen molar-refractivity contribution in [2.75, 3.05) is 19.3 Å². The molecule has 112 valence electrons. The van der Waals surface area contributed by atoms with Gasteiger partial charge < -0.3 is 11.1 Å². The van der Waals surface area contributed by atoms with Crippen LogP contribution in [0.3, 0.4) is 0 Å². The first-order valence-electron chi connectivity index (χ1n) is 6.92. The van der Waals surface area contributed by atoms with Gasteiger partial charge in [-0.1, -0.05) is 18.3 Å². The summed E-state index contributed by atoms with van der Waals surface area (Å²) in [4.78, 5) is 12.2. The molecule has 1 aromatic carbocycles. The van der Waals surface area contributed by atoms with Gasteiger partial charge in [-0.3, -0.25) is 4.79 Å². The van der Waals surface area contributed by atoms with Gasteiger partial charge in [-0.15, -0.1) is 0 Å². The van der Waals surface area contributed by atoms with E-state index >= 15 is 0 Å². The Kier molecular flexibility index (Phi) is 5.27. The van der Waals surface area contributed by atoms with E-state index in [1.165, 1.54) is 18.6 Å². The second-order valence-corrected chi connectivity index (χ2v) is 6.40. The lowest BCUT2D eigenvalue weighted by Gasteiger charge is -2.40. The van der Waals surface area contributed by atoms with Gasteiger partial charge in [0.2, 0.25) is 0 Å². The molecule has 1 aliphatic carbocycles. The third-order valence-electron chi connectivity index (χ3n) is 3.81. The Morgan fingerprint density at radius 3 is 2.86 bits per heavy atom. The summed E-state index contributed by atoms with van der Waals surface area (Å²) in [6, 6.07) is 4.28. The van der Waals surface area contributed by atoms with E-state index in [-0.39, 0.29) is 22.8 Å². The molecule has 3 N–H and O–H groups in total. The largest absolute Gasteiger partial charge is 0.351 e. The number of amides is 1. The number of nitrogens with two attached hydrogens (primary N) is 1. The van der Waals surface area contributed by atoms with Crippen LogP contribution < -0.4 is 11.1 Å². The molecule has 0 radical (unpaired) electrons. The fraction of sp³-hybridized carbons (Fsp3) is 0.438. The fourth-order valence-electron chi connectivity index (χ4n) is 2.29. The van der Waals surface area contributed by atoms with Crippen LogP contribution in [0, 0.1) is 17.7 Å². The Morgan fingerprint density at radius 1 is 1.52 bits per heavy atom. The smallest absolute Gasteiger partial charge is 0.254 e. The Morgan fingerprint density at radius 2 is 2.29 bits per heavy atom. The van der Waals surface area contributed by atoms with Gasteiger partial charge in [0, 0.05) is 16.9 Å². The van der Waals surface area contributed by atoms with Crippen molar-refractivity contribution in [2.24, 2.45) is 5.73 Å². The summed E-state index contributed by atoms with van der Waals surface area (Å²) in [5.41, 5.74) is 5.94. The predicted octanol–water partition coefficient (Wildman–Crippen LogP) is 2.15. The van der Waals surface area contributed by atoms with Gasteiger partial charge in [-0.25, -0.2) is 4.39 Å². The van der Waals surface area contributed by atoms with E-state index < -0.39 is 5.82 Å². The number of thioether (sulfide) groups is 1. The van der Waals surface area contributed by atoms with E-state index in [1.807, 2.05) is 0 Å². The monoisotopic (exact) mass is 306 g/mol. The molecule has 0 atom stereocenters. The summed E-state index contributed by atoms with van der Waals surface area (Å²) >= 11 is 1.77. The topological polar surface area (TPSA) is 55.1 Å². The minimum absolute atomic E-state index is 0.0365. The summed E-state index contributed by atoms with van der Waals surface area (Å²) in [5, 5.41) is 2.84. The molecule has 0 heterocycles. The number of hydrogen-bond acceptors (Lipinski definition) is 3. The number of benzene rings is 1. The van der Waals surface area contributed by atoms with Crippen molar-refractivity contribution in [1.82, 2.24) is 5.32 Å². The first-order chi connectivity index (χ1) is 10.1. The maximum atomic E-state index is 13.8. The minimum atomic E-state index is -0.530. The highest BCUT2D eigenvalue weighted by molar-refractivity contribution is 8.00. The number of carbonyl (C=O) groups is 1. The van der Waals surface area contributed by atoms with Crippen LogP contribution in [0.15, 0.2) is 18.2 Å². The molecule has 1 saturated carbocycles. The Balaban J connectivity index is 2.07. The zero-order valence-corrected chi connectivity index (χ0v) is 12.9. The first-order valence-corrected chi connectivity index (χ1v) is 8.14. The van der Waals surface area contributed by atoms with Gasteiger partial charge in [0.1, 0.15) is 5.82 Å². The van der Waals surface area contributed by atoms with Gasteiger partial charge >= 0.3 is 0 Å². The molecule has 5 heteroatoms. The van der Waals surface area contributed by atoms with E-state index in [2.05, 4.69) is 23.4 Å². The summed E-state index contributed by atoms with van der Waals surface area (Å²) < 4.78 is 13.9. The number of hydrogen-bond donors (Lipinski definition) is 2. The second kappa shape index (κ2) is 6.97. The summed E-state index contributed by atoms with van der Waals surface area (Å²) in [7, 11) is 0. The quantitative estimate of drug-likeness (QED) is 0.838. The normalized spacial score (nSPS) is 15.6. The molecular formula is C16H19FN2OS. The van der Waals surface area contributed by atoms with E-state index in [0.29, 0.717) is 12.1 Å². The first kappa shape index (κ1) is 15.9. The van der Waals surface area contributed by atoms with Crippen molar-refractivity contribution < 1.29 is 9.18 Å². The zero-order valence-electron chi connectivity index (χ0n) is 12.0. The zero-order chi connectivity index (χ0) is 15.3. The van der Waals surface area contributed by atoms with Crippen molar-refractivity contribution in [3.63, 3.8) is 0 Å². The predicted molar refractivity (Wildman–Crippen MR) is 84.8 cm³/mol. The molecule has 1 aliphatic rings. The molecule has 1 fully saturated rings. The maximum absolute atomic E-state index is 13.8. The average Bonchev–Trinajstić information content (AvgIpc) is 2.45. The number of nitrogens with one attached hydrogen (secondary N) is 1. The molecule has 0 aliphatic heterocycles. The van der Waals surface area contributed by atoms with Crippen molar-refractivity contribution in [1.29, 1.82) is 0 Å². The van der Waals surface area contributed by atoms with Crippen molar-refractivity contribution in [3.8, 4) is 11.8 Å². The second-order valence-electron chi connectivity index (χ2n) is 5.12. The highest BCUT2D eigenvalue weighted by atomic mass is 32.2. The third-order valence-corrected chi connectivity index (χ3v) is 5.23. The summed E-state index contributed by atoms with van der Waals surface area (Å²) in [6.45, 7) is 0.806. The van der Waals surface area contributed by atoms with E-state index in [4.69, 9.17) is 5.73 Å². The summed E-state index contributed by atoms with van der Waals surface area (Å²) in [5.74, 6) is 4.59. The third kappa shape index (κ3) is 3.78. The van der Waals surface area contributed by atoms with Crippen LogP contribution >= 0.6 is 11.8 Å². The van der Waals surface area contributed by atoms with E-state index in [9.17, 15) is 9.18 Å². The highest BCUT2D eigenvalue weighted by Gasteiger charge is 2.36. The lowest BCUT2D eigenvalue weighted by molar-refractivity contribution is 0.0940. The minimum Gasteiger partial charge on any atom is -0.351 e. The van der Waals surface area contributed by atoms with Gasteiger partial charge in [0.05, 0.1) is 12.1 Å². The molecule has 2 rings (SSSR count). The van der Waals surface area contributed by atoms with Crippen LogP contribution in [0.5, 0.6) is 0 Å². The molecule has 0 unspecified atom stereocenters. The standard InChI is InChI=1S/C16H19FN2OS/c1-21-16(7-3-8-16)11-19-15(20)13-10-12(4-2-9-18)5-6-14(13)17/h5-6,10H,3,7-9,11,18H2,1H3,(H,19,20). The van der Waals surface area contributed by atoms with Crippen LogP contribution in [-0.2, 0) is 0 Å². The molecule has 3 nitrogen and oxygen atoms in total. The van der Waals surface area contributed by atoms with Crippen molar-refractivity contribution in [2.45, 2.75) is 24.0 Å². The molecular weight excluding hydrogens is 287 g/mol. The number of carbonyl (C=O) groups excluding carboxylic acids is 1. The van der Waals surface area contributed by atoms with Crippen LogP contribution in [-0.4, -0.2) is 30.0 Å². The van der Waals surface area contributed by atoms with Crippen LogP contribution in [0.25, 0.3) is 0 Å². The lowest BCUT2D eigenvalue weighted by atomic mass is 9.84. The van der Waals surface area contributed by atoms with Gasteiger partial charge in [-0.2, -0.15) is 11.8 Å². The summed E-state index contributed by atoms with van der Waals surface area (Å²) in [6.07, 6.45) is 5.43. The molecule has 0 saturated heterocycles. The molecule has 0 spiro atoms. The Labute approximate surface area is 128 Å². The Hall–Kier alpha value is -1.51. The highest BCUT2D eigenvalue weighted by Crippen LogP contribution is 2.42. The molecule has 0 bridgehead atoms. The van der Waals surface area contributed by atoms with Crippen LogP contribution in [0.1, 0.15) is 35.2 Å².